The molecule has 96 valence electrons. The summed E-state index contributed by atoms with van der Waals surface area (Å²) in [6.07, 6.45) is -0.603. The summed E-state index contributed by atoms with van der Waals surface area (Å²) in [5.41, 5.74) is 1.68. The standard InChI is InChI=1S/C13H21NO3/c1-4-14(8-9-15)11-6-5-7-12(17-3)13(11)10(2)16/h5-7,10,15-16H,4,8-9H2,1-3H3. The molecule has 0 aliphatic rings. The van der Waals surface area contributed by atoms with Gasteiger partial charge in [-0.15, -0.1) is 0 Å². The summed E-state index contributed by atoms with van der Waals surface area (Å²) in [7, 11) is 1.59. The van der Waals surface area contributed by atoms with Gasteiger partial charge in [0.1, 0.15) is 5.75 Å². The van der Waals surface area contributed by atoms with Crippen LogP contribution in [0.3, 0.4) is 0 Å². The molecule has 4 nitrogen and oxygen atoms in total. The van der Waals surface area contributed by atoms with Crippen molar-refractivity contribution in [1.82, 2.24) is 0 Å². The number of anilines is 1. The Morgan fingerprint density at radius 2 is 2.12 bits per heavy atom. The average Bonchev–Trinajstić information content (AvgIpc) is 2.34. The van der Waals surface area contributed by atoms with E-state index in [1.807, 2.05) is 30.0 Å². The molecule has 4 heteroatoms. The summed E-state index contributed by atoms with van der Waals surface area (Å²) in [4.78, 5) is 2.02. The maximum Gasteiger partial charge on any atom is 0.126 e. The lowest BCUT2D eigenvalue weighted by molar-refractivity contribution is 0.194. The second-order valence-corrected chi connectivity index (χ2v) is 3.87. The molecular weight excluding hydrogens is 218 g/mol. The number of ether oxygens (including phenoxy) is 1. The van der Waals surface area contributed by atoms with Gasteiger partial charge < -0.3 is 19.8 Å². The van der Waals surface area contributed by atoms with Gasteiger partial charge in [-0.25, -0.2) is 0 Å². The monoisotopic (exact) mass is 239 g/mol. The maximum atomic E-state index is 9.86. The molecule has 1 unspecified atom stereocenters. The normalized spacial score (nSPS) is 12.3. The van der Waals surface area contributed by atoms with Gasteiger partial charge in [0, 0.05) is 24.3 Å². The Hall–Kier alpha value is -1.26. The zero-order valence-electron chi connectivity index (χ0n) is 10.7. The van der Waals surface area contributed by atoms with Crippen molar-refractivity contribution >= 4 is 5.69 Å². The summed E-state index contributed by atoms with van der Waals surface area (Å²) in [6, 6.07) is 5.65. The summed E-state index contributed by atoms with van der Waals surface area (Å²) in [5, 5.41) is 18.9. The van der Waals surface area contributed by atoms with Gasteiger partial charge in [0.15, 0.2) is 0 Å². The third-order valence-corrected chi connectivity index (χ3v) is 2.77. The fourth-order valence-electron chi connectivity index (χ4n) is 1.98. The van der Waals surface area contributed by atoms with Gasteiger partial charge >= 0.3 is 0 Å². The molecule has 0 saturated carbocycles. The highest BCUT2D eigenvalue weighted by Gasteiger charge is 2.17. The molecule has 1 rings (SSSR count). The number of benzene rings is 1. The smallest absolute Gasteiger partial charge is 0.126 e. The third-order valence-electron chi connectivity index (χ3n) is 2.77. The first kappa shape index (κ1) is 13.8. The number of nitrogens with zero attached hydrogens (tertiary/aromatic N) is 1. The molecule has 1 aromatic carbocycles. The molecule has 2 N–H and O–H groups in total. The molecule has 0 heterocycles. The van der Waals surface area contributed by atoms with Crippen molar-refractivity contribution in [3.05, 3.63) is 23.8 Å². The van der Waals surface area contributed by atoms with E-state index in [-0.39, 0.29) is 6.61 Å². The van der Waals surface area contributed by atoms with E-state index in [0.29, 0.717) is 12.3 Å². The Labute approximate surface area is 102 Å². The minimum Gasteiger partial charge on any atom is -0.496 e. The Balaban J connectivity index is 3.20. The molecule has 1 aromatic rings. The van der Waals surface area contributed by atoms with Crippen LogP contribution in [-0.4, -0.2) is 37.0 Å². The van der Waals surface area contributed by atoms with E-state index in [0.717, 1.165) is 17.8 Å². The first-order valence-corrected chi connectivity index (χ1v) is 5.86. The van der Waals surface area contributed by atoms with Gasteiger partial charge in [0.05, 0.1) is 19.8 Å². The van der Waals surface area contributed by atoms with Gasteiger partial charge in [0.2, 0.25) is 0 Å². The topological polar surface area (TPSA) is 52.9 Å². The van der Waals surface area contributed by atoms with Crippen LogP contribution in [0, 0.1) is 0 Å². The van der Waals surface area contributed by atoms with Crippen molar-refractivity contribution in [3.8, 4) is 5.75 Å². The van der Waals surface area contributed by atoms with Crippen LogP contribution in [0.15, 0.2) is 18.2 Å². The van der Waals surface area contributed by atoms with E-state index in [4.69, 9.17) is 9.84 Å². The lowest BCUT2D eigenvalue weighted by Crippen LogP contribution is -2.27. The first-order valence-electron chi connectivity index (χ1n) is 5.86. The van der Waals surface area contributed by atoms with Crippen LogP contribution < -0.4 is 9.64 Å². The van der Waals surface area contributed by atoms with Crippen molar-refractivity contribution in [2.45, 2.75) is 20.0 Å². The van der Waals surface area contributed by atoms with E-state index in [2.05, 4.69) is 0 Å². The van der Waals surface area contributed by atoms with E-state index < -0.39 is 6.10 Å². The predicted molar refractivity (Wildman–Crippen MR) is 68.6 cm³/mol. The zero-order valence-corrected chi connectivity index (χ0v) is 10.7. The fourth-order valence-corrected chi connectivity index (χ4v) is 1.98. The first-order chi connectivity index (χ1) is 8.15. The average molecular weight is 239 g/mol. The van der Waals surface area contributed by atoms with Gasteiger partial charge in [-0.05, 0) is 26.0 Å². The number of hydrogen-bond donors (Lipinski definition) is 2. The quantitative estimate of drug-likeness (QED) is 0.791. The molecule has 0 radical (unpaired) electrons. The second-order valence-electron chi connectivity index (χ2n) is 3.87. The highest BCUT2D eigenvalue weighted by atomic mass is 16.5. The number of hydrogen-bond acceptors (Lipinski definition) is 4. The molecular formula is C13H21NO3. The number of rotatable bonds is 6. The van der Waals surface area contributed by atoms with Crippen LogP contribution in [-0.2, 0) is 0 Å². The van der Waals surface area contributed by atoms with Crippen LogP contribution in [0.4, 0.5) is 5.69 Å². The molecule has 17 heavy (non-hydrogen) atoms. The molecule has 0 spiro atoms. The van der Waals surface area contributed by atoms with Crippen LogP contribution in [0.25, 0.3) is 0 Å². The van der Waals surface area contributed by atoms with Crippen molar-refractivity contribution in [2.24, 2.45) is 0 Å². The highest BCUT2D eigenvalue weighted by molar-refractivity contribution is 5.60. The summed E-state index contributed by atoms with van der Waals surface area (Å²) in [6.45, 7) is 5.14. The lowest BCUT2D eigenvalue weighted by atomic mass is 10.1. The van der Waals surface area contributed by atoms with Crippen molar-refractivity contribution in [1.29, 1.82) is 0 Å². The Morgan fingerprint density at radius 1 is 1.41 bits per heavy atom. The molecule has 0 aliphatic heterocycles. The van der Waals surface area contributed by atoms with Crippen LogP contribution in [0.5, 0.6) is 5.75 Å². The minimum atomic E-state index is -0.603. The summed E-state index contributed by atoms with van der Waals surface area (Å²) >= 11 is 0. The largest absolute Gasteiger partial charge is 0.496 e. The van der Waals surface area contributed by atoms with Gasteiger partial charge in [-0.1, -0.05) is 6.07 Å². The zero-order chi connectivity index (χ0) is 12.8. The van der Waals surface area contributed by atoms with Crippen molar-refractivity contribution in [3.63, 3.8) is 0 Å². The second kappa shape index (κ2) is 6.47. The summed E-state index contributed by atoms with van der Waals surface area (Å²) in [5.74, 6) is 0.675. The lowest BCUT2D eigenvalue weighted by Gasteiger charge is -2.27. The predicted octanol–water partition coefficient (Wildman–Crippen LogP) is 1.57. The van der Waals surface area contributed by atoms with Crippen LogP contribution in [0.2, 0.25) is 0 Å². The number of aliphatic hydroxyl groups is 2. The molecule has 0 bridgehead atoms. The van der Waals surface area contributed by atoms with E-state index in [1.165, 1.54) is 0 Å². The Bertz CT molecular complexity index is 353. The molecule has 0 aromatic heterocycles. The summed E-state index contributed by atoms with van der Waals surface area (Å²) < 4.78 is 5.27. The molecule has 0 fully saturated rings. The minimum absolute atomic E-state index is 0.0876. The Morgan fingerprint density at radius 3 is 2.59 bits per heavy atom. The third kappa shape index (κ3) is 3.11. The number of aliphatic hydroxyl groups excluding tert-OH is 2. The van der Waals surface area contributed by atoms with Crippen LogP contribution >= 0.6 is 0 Å². The maximum absolute atomic E-state index is 9.86. The number of methoxy groups -OCH3 is 1. The molecule has 0 amide bonds. The Kier molecular flexibility index (Phi) is 5.25. The fraction of sp³-hybridized carbons (Fsp3) is 0.538. The van der Waals surface area contributed by atoms with E-state index in [9.17, 15) is 5.11 Å². The van der Waals surface area contributed by atoms with E-state index >= 15 is 0 Å². The molecule has 0 saturated heterocycles. The van der Waals surface area contributed by atoms with Crippen molar-refractivity contribution < 1.29 is 14.9 Å². The van der Waals surface area contributed by atoms with Crippen molar-refractivity contribution in [2.75, 3.05) is 31.7 Å². The van der Waals surface area contributed by atoms with Crippen LogP contribution in [0.1, 0.15) is 25.5 Å². The highest BCUT2D eigenvalue weighted by Crippen LogP contribution is 2.34. The number of likely N-dealkylation sites (N-methyl/N-ethyl adjacent to an activating group) is 1. The van der Waals surface area contributed by atoms with Gasteiger partial charge in [-0.2, -0.15) is 0 Å². The van der Waals surface area contributed by atoms with E-state index in [1.54, 1.807) is 14.0 Å². The molecule has 0 aliphatic carbocycles. The van der Waals surface area contributed by atoms with Gasteiger partial charge in [0.25, 0.3) is 0 Å². The SMILES string of the molecule is CCN(CCO)c1cccc(OC)c1C(C)O. The van der Waals surface area contributed by atoms with Gasteiger partial charge in [-0.3, -0.25) is 0 Å². The molecule has 1 atom stereocenters.